The predicted molar refractivity (Wildman–Crippen MR) is 81.9 cm³/mol. The van der Waals surface area contributed by atoms with Crippen LogP contribution in [0.4, 0.5) is 0 Å². The lowest BCUT2D eigenvalue weighted by Gasteiger charge is -2.41. The highest BCUT2D eigenvalue weighted by Gasteiger charge is 2.36. The van der Waals surface area contributed by atoms with Crippen LogP contribution < -0.4 is 5.32 Å². The molecule has 0 aromatic carbocycles. The highest BCUT2D eigenvalue weighted by atomic mass is 32.2. The molecule has 3 fully saturated rings. The minimum absolute atomic E-state index is 0.482. The van der Waals surface area contributed by atoms with Crippen molar-refractivity contribution in [3.05, 3.63) is 0 Å². The number of nitrogens with zero attached hydrogens (tertiary/aromatic N) is 1. The van der Waals surface area contributed by atoms with Crippen LogP contribution in [0.25, 0.3) is 0 Å². The summed E-state index contributed by atoms with van der Waals surface area (Å²) in [6.45, 7) is 7.03. The van der Waals surface area contributed by atoms with Crippen molar-refractivity contribution in [1.82, 2.24) is 10.2 Å². The molecule has 2 saturated heterocycles. The van der Waals surface area contributed by atoms with Crippen molar-refractivity contribution in [2.24, 2.45) is 5.41 Å². The summed E-state index contributed by atoms with van der Waals surface area (Å²) in [6, 6.07) is 0.833. The van der Waals surface area contributed by atoms with Crippen LogP contribution in [0.5, 0.6) is 0 Å². The lowest BCUT2D eigenvalue weighted by atomic mass is 9.79. The molecule has 0 atom stereocenters. The minimum atomic E-state index is 0.482. The second kappa shape index (κ2) is 6.79. The number of ether oxygens (including phenoxy) is 1. The monoisotopic (exact) mass is 284 g/mol. The number of rotatable bonds is 5. The van der Waals surface area contributed by atoms with Crippen LogP contribution in [0.15, 0.2) is 0 Å². The fourth-order valence-corrected chi connectivity index (χ4v) is 4.20. The zero-order valence-electron chi connectivity index (χ0n) is 12.0. The molecule has 3 nitrogen and oxygen atoms in total. The molecule has 0 amide bonds. The Balaban J connectivity index is 1.56. The Kier molecular flexibility index (Phi) is 5.07. The smallest absolute Gasteiger partial charge is 0.0472 e. The second-order valence-corrected chi connectivity index (χ2v) is 7.73. The molecule has 0 aromatic heterocycles. The van der Waals surface area contributed by atoms with E-state index in [1.165, 1.54) is 69.8 Å². The quantitative estimate of drug-likeness (QED) is 0.834. The van der Waals surface area contributed by atoms with E-state index >= 15 is 0 Å². The standard InChI is InChI=1S/C15H28N2OS/c1-6-17(7-11-19-10-1)13-15(4-8-18-9-5-15)12-16-14-2-3-14/h14,16H,1-13H2. The third-order valence-electron chi connectivity index (χ3n) is 4.77. The molecular formula is C15H28N2OS. The largest absolute Gasteiger partial charge is 0.381 e. The maximum atomic E-state index is 5.61. The maximum Gasteiger partial charge on any atom is 0.0472 e. The Morgan fingerprint density at radius 3 is 2.79 bits per heavy atom. The molecule has 110 valence electrons. The van der Waals surface area contributed by atoms with Gasteiger partial charge in [-0.3, -0.25) is 0 Å². The molecule has 19 heavy (non-hydrogen) atoms. The predicted octanol–water partition coefficient (Wildman–Crippen LogP) is 1.97. The van der Waals surface area contributed by atoms with Gasteiger partial charge in [-0.2, -0.15) is 11.8 Å². The van der Waals surface area contributed by atoms with Crippen LogP contribution in [0, 0.1) is 5.41 Å². The molecule has 3 aliphatic rings. The third kappa shape index (κ3) is 4.35. The third-order valence-corrected chi connectivity index (χ3v) is 5.82. The summed E-state index contributed by atoms with van der Waals surface area (Å²) in [4.78, 5) is 2.72. The zero-order valence-corrected chi connectivity index (χ0v) is 12.8. The minimum Gasteiger partial charge on any atom is -0.381 e. The summed E-state index contributed by atoms with van der Waals surface area (Å²) in [5.41, 5.74) is 0.482. The first-order valence-electron chi connectivity index (χ1n) is 7.98. The number of hydrogen-bond donors (Lipinski definition) is 1. The van der Waals surface area contributed by atoms with Crippen molar-refractivity contribution < 1.29 is 4.74 Å². The summed E-state index contributed by atoms with van der Waals surface area (Å²) < 4.78 is 5.61. The van der Waals surface area contributed by atoms with Crippen LogP contribution in [0.1, 0.15) is 32.1 Å². The molecule has 1 saturated carbocycles. The van der Waals surface area contributed by atoms with Gasteiger partial charge in [0, 0.05) is 44.6 Å². The topological polar surface area (TPSA) is 24.5 Å². The second-order valence-electron chi connectivity index (χ2n) is 6.51. The van der Waals surface area contributed by atoms with Crippen LogP contribution >= 0.6 is 11.8 Å². The van der Waals surface area contributed by atoms with Crippen molar-refractivity contribution >= 4 is 11.8 Å². The fourth-order valence-electron chi connectivity index (χ4n) is 3.27. The first-order valence-corrected chi connectivity index (χ1v) is 9.13. The Morgan fingerprint density at radius 2 is 2.00 bits per heavy atom. The van der Waals surface area contributed by atoms with Crippen LogP contribution in [0.2, 0.25) is 0 Å². The van der Waals surface area contributed by atoms with E-state index in [2.05, 4.69) is 22.0 Å². The first kappa shape index (κ1) is 14.2. The summed E-state index contributed by atoms with van der Waals surface area (Å²) >= 11 is 2.13. The Hall–Kier alpha value is 0.230. The summed E-state index contributed by atoms with van der Waals surface area (Å²) in [5, 5.41) is 3.78. The molecule has 1 N–H and O–H groups in total. The average molecular weight is 284 g/mol. The van der Waals surface area contributed by atoms with E-state index in [0.29, 0.717) is 5.41 Å². The van der Waals surface area contributed by atoms with Crippen molar-refractivity contribution in [2.45, 2.75) is 38.1 Å². The van der Waals surface area contributed by atoms with Crippen LogP contribution in [-0.4, -0.2) is 61.8 Å². The molecule has 2 heterocycles. The molecule has 2 aliphatic heterocycles. The van der Waals surface area contributed by atoms with Gasteiger partial charge in [-0.15, -0.1) is 0 Å². The molecule has 4 heteroatoms. The van der Waals surface area contributed by atoms with E-state index in [0.717, 1.165) is 19.3 Å². The van der Waals surface area contributed by atoms with Gasteiger partial charge in [0.2, 0.25) is 0 Å². The van der Waals surface area contributed by atoms with Gasteiger partial charge < -0.3 is 15.0 Å². The van der Waals surface area contributed by atoms with Gasteiger partial charge in [0.05, 0.1) is 0 Å². The molecular weight excluding hydrogens is 256 g/mol. The maximum absolute atomic E-state index is 5.61. The molecule has 0 bridgehead atoms. The SMILES string of the molecule is C1CSCCN(CC2(CNC3CC3)CCOCC2)C1. The van der Waals surface area contributed by atoms with E-state index < -0.39 is 0 Å². The molecule has 0 radical (unpaired) electrons. The summed E-state index contributed by atoms with van der Waals surface area (Å²) in [5.74, 6) is 2.68. The van der Waals surface area contributed by atoms with Gasteiger partial charge in [0.15, 0.2) is 0 Å². The van der Waals surface area contributed by atoms with Gasteiger partial charge in [0.25, 0.3) is 0 Å². The lowest BCUT2D eigenvalue weighted by molar-refractivity contribution is -0.00345. The van der Waals surface area contributed by atoms with Gasteiger partial charge in [-0.25, -0.2) is 0 Å². The van der Waals surface area contributed by atoms with Crippen molar-refractivity contribution in [3.63, 3.8) is 0 Å². The fraction of sp³-hybridized carbons (Fsp3) is 1.00. The van der Waals surface area contributed by atoms with E-state index in [4.69, 9.17) is 4.74 Å². The van der Waals surface area contributed by atoms with Crippen molar-refractivity contribution in [3.8, 4) is 0 Å². The first-order chi connectivity index (χ1) is 9.36. The molecule has 3 rings (SSSR count). The number of nitrogens with one attached hydrogen (secondary N) is 1. The van der Waals surface area contributed by atoms with Gasteiger partial charge in [-0.1, -0.05) is 0 Å². The number of thioether (sulfide) groups is 1. The van der Waals surface area contributed by atoms with Crippen molar-refractivity contribution in [1.29, 1.82) is 0 Å². The average Bonchev–Trinajstić information content (AvgIpc) is 3.26. The van der Waals surface area contributed by atoms with Gasteiger partial charge in [-0.05, 0) is 49.8 Å². The Labute approximate surface area is 121 Å². The van der Waals surface area contributed by atoms with E-state index in [-0.39, 0.29) is 0 Å². The van der Waals surface area contributed by atoms with Crippen LogP contribution in [0.3, 0.4) is 0 Å². The Bertz CT molecular complexity index is 269. The highest BCUT2D eigenvalue weighted by Crippen LogP contribution is 2.33. The van der Waals surface area contributed by atoms with Gasteiger partial charge >= 0.3 is 0 Å². The molecule has 0 unspecified atom stereocenters. The lowest BCUT2D eigenvalue weighted by Crippen LogP contribution is -2.48. The van der Waals surface area contributed by atoms with E-state index in [1.807, 2.05) is 0 Å². The van der Waals surface area contributed by atoms with E-state index in [9.17, 15) is 0 Å². The van der Waals surface area contributed by atoms with E-state index in [1.54, 1.807) is 0 Å². The van der Waals surface area contributed by atoms with Gasteiger partial charge in [0.1, 0.15) is 0 Å². The molecule has 1 aliphatic carbocycles. The van der Waals surface area contributed by atoms with Crippen molar-refractivity contribution in [2.75, 3.05) is 50.9 Å². The van der Waals surface area contributed by atoms with Crippen LogP contribution in [-0.2, 0) is 4.74 Å². The molecule has 0 aromatic rings. The highest BCUT2D eigenvalue weighted by molar-refractivity contribution is 7.99. The zero-order chi connectivity index (χ0) is 13.0. The summed E-state index contributed by atoms with van der Waals surface area (Å²) in [6.07, 6.45) is 6.65. The normalized spacial score (nSPS) is 29.1. The Morgan fingerprint density at radius 1 is 1.16 bits per heavy atom. The summed E-state index contributed by atoms with van der Waals surface area (Å²) in [7, 11) is 0. The molecule has 0 spiro atoms. The number of hydrogen-bond acceptors (Lipinski definition) is 4.